The van der Waals surface area contributed by atoms with Crippen LogP contribution in [0.2, 0.25) is 0 Å². The number of carbonyl (C=O) groups is 3. The molecule has 4 N–H and O–H groups in total. The minimum Gasteiger partial charge on any atom is -1.00 e. The molecule has 82 valence electrons. The number of aliphatic hydroxyl groups is 1. The molecule has 0 aliphatic rings. The van der Waals surface area contributed by atoms with Gasteiger partial charge in [-0.15, -0.1) is 0 Å². The van der Waals surface area contributed by atoms with Crippen molar-refractivity contribution in [2.75, 3.05) is 0 Å². The Bertz CT molecular complexity index is 238. The quantitative estimate of drug-likeness (QED) is 0.371. The number of hydrogen-bond donors (Lipinski definition) is 4. The molecule has 0 unspecified atom stereocenters. The van der Waals surface area contributed by atoms with Crippen LogP contribution in [0.4, 0.5) is 0 Å². The van der Waals surface area contributed by atoms with Crippen LogP contribution in [0.5, 0.6) is 0 Å². The minimum atomic E-state index is -2.74. The monoisotopic (exact) mass is 310 g/mol. The first-order valence-electron chi connectivity index (χ1n) is 3.17. The van der Waals surface area contributed by atoms with Gasteiger partial charge in [0.2, 0.25) is 0 Å². The van der Waals surface area contributed by atoms with Crippen LogP contribution in [0.3, 0.4) is 0 Å². The number of aliphatic carboxylic acids is 3. The van der Waals surface area contributed by atoms with E-state index in [2.05, 4.69) is 0 Å². The number of rotatable bonds is 5. The molecule has 0 aliphatic heterocycles. The Morgan fingerprint density at radius 2 is 1.20 bits per heavy atom. The van der Waals surface area contributed by atoms with Crippen LogP contribution in [-0.2, 0) is 14.4 Å². The molecule has 0 bridgehead atoms. The van der Waals surface area contributed by atoms with Crippen molar-refractivity contribution in [3.05, 3.63) is 0 Å². The molecule has 0 aromatic rings. The molecule has 0 amide bonds. The smallest absolute Gasteiger partial charge is 1.00 e. The first kappa shape index (κ1) is 20.8. The molecule has 0 fully saturated rings. The molecule has 0 spiro atoms. The van der Waals surface area contributed by atoms with Crippen LogP contribution in [0, 0.1) is 0 Å². The molecule has 0 saturated carbocycles. The van der Waals surface area contributed by atoms with Crippen molar-refractivity contribution in [3.63, 3.8) is 0 Å². The normalized spacial score (nSPS) is 9.40. The Balaban J connectivity index is -0.000000720. The SMILES string of the molecule is O=C(O)CC(O)(CC(=O)O)C(=O)O.[Br-].[K+]. The zero-order valence-corrected chi connectivity index (χ0v) is 12.5. The van der Waals surface area contributed by atoms with Crippen molar-refractivity contribution in [1.29, 1.82) is 0 Å². The first-order valence-corrected chi connectivity index (χ1v) is 3.17. The van der Waals surface area contributed by atoms with E-state index in [1.165, 1.54) is 0 Å². The average Bonchev–Trinajstić information content (AvgIpc) is 1.82. The summed E-state index contributed by atoms with van der Waals surface area (Å²) in [5.74, 6) is -5.02. The van der Waals surface area contributed by atoms with Crippen LogP contribution < -0.4 is 68.4 Å². The zero-order valence-electron chi connectivity index (χ0n) is 7.81. The number of carboxylic acids is 3. The summed E-state index contributed by atoms with van der Waals surface area (Å²) in [6.07, 6.45) is -2.29. The van der Waals surface area contributed by atoms with E-state index in [0.29, 0.717) is 0 Å². The molecule has 15 heavy (non-hydrogen) atoms. The Morgan fingerprint density at radius 1 is 0.933 bits per heavy atom. The van der Waals surface area contributed by atoms with Gasteiger partial charge in [0, 0.05) is 0 Å². The predicted octanol–water partition coefficient (Wildman–Crippen LogP) is -7.24. The van der Waals surface area contributed by atoms with Gasteiger partial charge >= 0.3 is 69.3 Å². The van der Waals surface area contributed by atoms with Crippen molar-refractivity contribution in [3.8, 4) is 0 Å². The third-order valence-electron chi connectivity index (χ3n) is 1.29. The van der Waals surface area contributed by atoms with Gasteiger partial charge < -0.3 is 37.4 Å². The van der Waals surface area contributed by atoms with Crippen LogP contribution in [0.25, 0.3) is 0 Å². The maximum Gasteiger partial charge on any atom is 1.00 e. The number of halogens is 1. The van der Waals surface area contributed by atoms with Crippen LogP contribution in [0.1, 0.15) is 12.8 Å². The zero-order chi connectivity index (χ0) is 10.6. The molecule has 0 saturated heterocycles. The largest absolute Gasteiger partial charge is 1.00 e. The summed E-state index contributed by atoms with van der Waals surface area (Å²) >= 11 is 0. The van der Waals surface area contributed by atoms with Gasteiger partial charge in [0.25, 0.3) is 0 Å². The molecule has 0 heterocycles. The van der Waals surface area contributed by atoms with Crippen LogP contribution >= 0.6 is 0 Å². The summed E-state index contributed by atoms with van der Waals surface area (Å²) in [6.45, 7) is 0. The van der Waals surface area contributed by atoms with Gasteiger partial charge in [-0.05, 0) is 0 Å². The standard InChI is InChI=1S/C6H8O7.BrH.K/c7-3(8)1-6(13,5(11)12)2-4(9)10;;/h13H,1-2H2,(H,7,8)(H,9,10)(H,11,12);1H;/q;;+1/p-1. The molecular weight excluding hydrogens is 303 g/mol. The number of carboxylic acid groups (broad SMARTS) is 3. The van der Waals surface area contributed by atoms with Gasteiger partial charge in [-0.1, -0.05) is 0 Å². The van der Waals surface area contributed by atoms with E-state index >= 15 is 0 Å². The van der Waals surface area contributed by atoms with Gasteiger partial charge in [-0.25, -0.2) is 4.79 Å². The second-order valence-corrected chi connectivity index (χ2v) is 2.48. The second-order valence-electron chi connectivity index (χ2n) is 2.48. The maximum atomic E-state index is 10.3. The van der Waals surface area contributed by atoms with Crippen molar-refractivity contribution >= 4 is 17.9 Å². The van der Waals surface area contributed by atoms with Crippen molar-refractivity contribution in [1.82, 2.24) is 0 Å². The minimum absolute atomic E-state index is 0. The molecule has 9 heteroatoms. The van der Waals surface area contributed by atoms with E-state index in [4.69, 9.17) is 20.4 Å². The van der Waals surface area contributed by atoms with Gasteiger partial charge in [-0.2, -0.15) is 0 Å². The van der Waals surface area contributed by atoms with Gasteiger partial charge in [-0.3, -0.25) is 9.59 Å². The summed E-state index contributed by atoms with van der Waals surface area (Å²) in [6, 6.07) is 0. The first-order chi connectivity index (χ1) is 5.78. The molecule has 0 aliphatic carbocycles. The molecular formula is C6H8BrKO7. The molecule has 0 aromatic heterocycles. The average molecular weight is 311 g/mol. The third-order valence-corrected chi connectivity index (χ3v) is 1.29. The summed E-state index contributed by atoms with van der Waals surface area (Å²) in [4.78, 5) is 30.5. The Labute approximate surface area is 138 Å². The van der Waals surface area contributed by atoms with E-state index in [9.17, 15) is 14.4 Å². The van der Waals surface area contributed by atoms with Crippen LogP contribution in [-0.4, -0.2) is 43.9 Å². The Morgan fingerprint density at radius 3 is 1.33 bits per heavy atom. The molecule has 0 atom stereocenters. The van der Waals surface area contributed by atoms with Gasteiger partial charge in [0.15, 0.2) is 5.60 Å². The van der Waals surface area contributed by atoms with E-state index in [1.807, 2.05) is 0 Å². The van der Waals surface area contributed by atoms with Gasteiger partial charge in [0.05, 0.1) is 12.8 Å². The van der Waals surface area contributed by atoms with Crippen molar-refractivity contribution in [2.24, 2.45) is 0 Å². The topological polar surface area (TPSA) is 132 Å². The Hall–Kier alpha value is 0.486. The summed E-state index contributed by atoms with van der Waals surface area (Å²) in [5, 5.41) is 33.8. The van der Waals surface area contributed by atoms with Crippen molar-refractivity contribution in [2.45, 2.75) is 18.4 Å². The van der Waals surface area contributed by atoms with E-state index < -0.39 is 36.4 Å². The van der Waals surface area contributed by atoms with Crippen molar-refractivity contribution < 1.29 is 103 Å². The predicted molar refractivity (Wildman–Crippen MR) is 37.1 cm³/mol. The van der Waals surface area contributed by atoms with E-state index in [1.54, 1.807) is 0 Å². The fourth-order valence-corrected chi connectivity index (χ4v) is 0.714. The fraction of sp³-hybridized carbons (Fsp3) is 0.500. The van der Waals surface area contributed by atoms with Gasteiger partial charge in [0.1, 0.15) is 0 Å². The fourth-order valence-electron chi connectivity index (χ4n) is 0.714. The second kappa shape index (κ2) is 8.62. The molecule has 0 radical (unpaired) electrons. The van der Waals surface area contributed by atoms with Crippen LogP contribution in [0.15, 0.2) is 0 Å². The summed E-state index contributed by atoms with van der Waals surface area (Å²) < 4.78 is 0. The molecule has 0 rings (SSSR count). The summed E-state index contributed by atoms with van der Waals surface area (Å²) in [5.41, 5.74) is -2.74. The molecule has 7 nitrogen and oxygen atoms in total. The van der Waals surface area contributed by atoms with E-state index in [0.717, 1.165) is 0 Å². The maximum absolute atomic E-state index is 10.3. The molecule has 0 aromatic carbocycles. The van der Waals surface area contributed by atoms with E-state index in [-0.39, 0.29) is 68.4 Å². The Kier molecular flexibility index (Phi) is 12.0. The number of hydrogen-bond acceptors (Lipinski definition) is 4. The third kappa shape index (κ3) is 8.31. The summed E-state index contributed by atoms with van der Waals surface area (Å²) in [7, 11) is 0.